The van der Waals surface area contributed by atoms with Gasteiger partial charge in [0.05, 0.1) is 11.7 Å². The number of halogens is 1. The number of hydrogen-bond donors (Lipinski definition) is 2. The number of ether oxygens (including phenoxy) is 1. The zero-order chi connectivity index (χ0) is 24.5. The molecule has 0 radical (unpaired) electrons. The van der Waals surface area contributed by atoms with Gasteiger partial charge in [-0.05, 0) is 42.8 Å². The highest BCUT2D eigenvalue weighted by Gasteiger charge is 2.32. The van der Waals surface area contributed by atoms with E-state index in [9.17, 15) is 14.0 Å². The van der Waals surface area contributed by atoms with Gasteiger partial charge in [-0.25, -0.2) is 4.79 Å². The number of aromatic nitrogens is 4. The van der Waals surface area contributed by atoms with Crippen molar-refractivity contribution >= 4 is 28.8 Å². The van der Waals surface area contributed by atoms with Crippen LogP contribution >= 0.6 is 0 Å². The van der Waals surface area contributed by atoms with Crippen LogP contribution in [-0.2, 0) is 4.79 Å². The molecule has 0 unspecified atom stereocenters. The van der Waals surface area contributed by atoms with E-state index in [4.69, 9.17) is 16.2 Å². The van der Waals surface area contributed by atoms with E-state index < -0.39 is 17.6 Å². The summed E-state index contributed by atoms with van der Waals surface area (Å²) in [6, 6.07) is 15.8. The van der Waals surface area contributed by atoms with Crippen molar-refractivity contribution in [1.82, 2.24) is 24.0 Å². The van der Waals surface area contributed by atoms with E-state index >= 15 is 0 Å². The molecule has 11 heteroatoms. The molecule has 4 aromatic rings. The number of likely N-dealkylation sites (tertiary alicyclic amines) is 1. The maximum absolute atomic E-state index is 13.7. The summed E-state index contributed by atoms with van der Waals surface area (Å²) in [7, 11) is 0. The summed E-state index contributed by atoms with van der Waals surface area (Å²) in [5.41, 5.74) is 12.7. The molecule has 0 aliphatic carbocycles. The predicted molar refractivity (Wildman–Crippen MR) is 128 cm³/mol. The van der Waals surface area contributed by atoms with Crippen molar-refractivity contribution in [3.8, 4) is 29.3 Å². The topological polar surface area (TPSA) is 134 Å². The molecule has 1 amide bonds. The first-order valence-electron chi connectivity index (χ1n) is 10.8. The van der Waals surface area contributed by atoms with Crippen molar-refractivity contribution in [3.63, 3.8) is 0 Å². The van der Waals surface area contributed by atoms with Gasteiger partial charge in [0.2, 0.25) is 5.95 Å². The molecular formula is C24H20FN7O3. The molecule has 0 spiro atoms. The molecule has 1 saturated heterocycles. The largest absolute Gasteiger partial charge is 0.457 e. The number of rotatable bonds is 4. The molecule has 0 saturated carbocycles. The minimum Gasteiger partial charge on any atom is -0.457 e. The normalized spacial score (nSPS) is 15.1. The van der Waals surface area contributed by atoms with Crippen LogP contribution in [0.2, 0.25) is 0 Å². The van der Waals surface area contributed by atoms with E-state index in [1.165, 1.54) is 14.0 Å². The number of fused-ring (bicyclic) bond motifs is 1. The van der Waals surface area contributed by atoms with Crippen LogP contribution in [0.15, 0.2) is 59.4 Å². The van der Waals surface area contributed by atoms with Gasteiger partial charge in [0.15, 0.2) is 11.5 Å². The highest BCUT2D eigenvalue weighted by molar-refractivity contribution is 5.93. The Balaban J connectivity index is 1.57. The van der Waals surface area contributed by atoms with Crippen molar-refractivity contribution in [2.24, 2.45) is 0 Å². The molecule has 3 heterocycles. The lowest BCUT2D eigenvalue weighted by atomic mass is 10.2. The highest BCUT2D eigenvalue weighted by atomic mass is 19.1. The summed E-state index contributed by atoms with van der Waals surface area (Å²) in [6.45, 7) is 0.485. The first-order chi connectivity index (χ1) is 17.0. The zero-order valence-electron chi connectivity index (χ0n) is 18.4. The molecule has 1 aliphatic heterocycles. The van der Waals surface area contributed by atoms with Gasteiger partial charge in [-0.2, -0.15) is 9.97 Å². The summed E-state index contributed by atoms with van der Waals surface area (Å²) >= 11 is 0. The third-order valence-electron chi connectivity index (χ3n) is 5.80. The molecule has 1 aliphatic rings. The van der Waals surface area contributed by atoms with E-state index in [0.29, 0.717) is 35.7 Å². The SMILES string of the molecule is Nc1nc(N)c2c(n1)n([C@@H]1CCN(C(=O)C#CF)C1)c(=O)n2-c1ccc(Oc2ccccc2)cc1. The van der Waals surface area contributed by atoms with Crippen LogP contribution in [0.4, 0.5) is 16.2 Å². The average Bonchev–Trinajstić information content (AvgIpc) is 3.43. The van der Waals surface area contributed by atoms with Gasteiger partial charge in [-0.1, -0.05) is 18.2 Å². The van der Waals surface area contributed by atoms with Crippen LogP contribution < -0.4 is 21.9 Å². The Morgan fingerprint density at radius 2 is 1.77 bits per heavy atom. The Morgan fingerprint density at radius 1 is 1.06 bits per heavy atom. The third-order valence-corrected chi connectivity index (χ3v) is 5.80. The smallest absolute Gasteiger partial charge is 0.335 e. The fourth-order valence-electron chi connectivity index (χ4n) is 4.27. The molecule has 2 aromatic carbocycles. The van der Waals surface area contributed by atoms with Gasteiger partial charge in [0, 0.05) is 19.0 Å². The van der Waals surface area contributed by atoms with Crippen molar-refractivity contribution in [1.29, 1.82) is 0 Å². The lowest BCUT2D eigenvalue weighted by Crippen LogP contribution is -2.31. The predicted octanol–water partition coefficient (Wildman–Crippen LogP) is 2.24. The molecule has 4 N–H and O–H groups in total. The van der Waals surface area contributed by atoms with Crippen molar-refractivity contribution in [2.45, 2.75) is 12.5 Å². The first kappa shape index (κ1) is 22.0. The number of amides is 1. The molecule has 35 heavy (non-hydrogen) atoms. The molecule has 2 aromatic heterocycles. The van der Waals surface area contributed by atoms with Crippen LogP contribution in [0, 0.1) is 12.1 Å². The summed E-state index contributed by atoms with van der Waals surface area (Å²) in [4.78, 5) is 35.4. The maximum atomic E-state index is 13.7. The average molecular weight is 473 g/mol. The number of nitrogen functional groups attached to an aromatic ring is 2. The van der Waals surface area contributed by atoms with Crippen LogP contribution in [0.3, 0.4) is 0 Å². The lowest BCUT2D eigenvalue weighted by molar-refractivity contribution is -0.124. The Morgan fingerprint density at radius 3 is 2.49 bits per heavy atom. The van der Waals surface area contributed by atoms with Gasteiger partial charge < -0.3 is 21.1 Å². The summed E-state index contributed by atoms with van der Waals surface area (Å²) in [6.07, 6.45) is 1.57. The fraction of sp³-hybridized carbons (Fsp3) is 0.167. The summed E-state index contributed by atoms with van der Waals surface area (Å²) in [5, 5.41) is 0. The minimum atomic E-state index is -0.644. The summed E-state index contributed by atoms with van der Waals surface area (Å²) in [5.74, 6) is 2.47. The molecule has 0 bridgehead atoms. The second-order valence-corrected chi connectivity index (χ2v) is 7.95. The zero-order valence-corrected chi connectivity index (χ0v) is 18.4. The fourth-order valence-corrected chi connectivity index (χ4v) is 4.27. The van der Waals surface area contributed by atoms with Crippen molar-refractivity contribution in [3.05, 3.63) is 65.1 Å². The van der Waals surface area contributed by atoms with Crippen LogP contribution in [0.5, 0.6) is 11.5 Å². The summed E-state index contributed by atoms with van der Waals surface area (Å²) < 4.78 is 21.0. The lowest BCUT2D eigenvalue weighted by Gasteiger charge is -2.14. The van der Waals surface area contributed by atoms with E-state index in [2.05, 4.69) is 9.97 Å². The molecule has 10 nitrogen and oxygen atoms in total. The Bertz CT molecular complexity index is 1540. The van der Waals surface area contributed by atoms with Gasteiger partial charge in [0.25, 0.3) is 0 Å². The van der Waals surface area contributed by atoms with Crippen LogP contribution in [0.25, 0.3) is 16.9 Å². The Labute approximate surface area is 198 Å². The molecule has 176 valence electrons. The van der Waals surface area contributed by atoms with Gasteiger partial charge in [-0.15, -0.1) is 4.39 Å². The van der Waals surface area contributed by atoms with Gasteiger partial charge in [-0.3, -0.25) is 13.9 Å². The molecule has 1 atom stereocenters. The number of anilines is 2. The number of benzene rings is 2. The molecule has 5 rings (SSSR count). The Kier molecular flexibility index (Phi) is 5.54. The quantitative estimate of drug-likeness (QED) is 0.434. The van der Waals surface area contributed by atoms with E-state index in [1.54, 1.807) is 24.3 Å². The minimum absolute atomic E-state index is 0.0437. The van der Waals surface area contributed by atoms with Crippen molar-refractivity contribution < 1.29 is 13.9 Å². The highest BCUT2D eigenvalue weighted by Crippen LogP contribution is 2.29. The Hall–Kier alpha value is -4.85. The van der Waals surface area contributed by atoms with E-state index in [0.717, 1.165) is 6.17 Å². The number of hydrogen-bond acceptors (Lipinski definition) is 7. The second kappa shape index (κ2) is 8.83. The van der Waals surface area contributed by atoms with E-state index in [1.807, 2.05) is 36.3 Å². The number of nitrogens with two attached hydrogens (primary N) is 2. The second-order valence-electron chi connectivity index (χ2n) is 7.95. The molecule has 1 fully saturated rings. The number of nitrogens with zero attached hydrogens (tertiary/aromatic N) is 5. The third kappa shape index (κ3) is 4.02. The standard InChI is InChI=1S/C24H20FN7O3/c25-12-10-19(33)30-13-11-16(14-30)32-22-20(21(26)28-23(27)29-22)31(24(32)34)15-6-8-18(9-7-15)35-17-4-2-1-3-5-17/h1-9,16H,11,13-14H2,(H4,26,27,28,29)/t16-/m1/s1. The maximum Gasteiger partial charge on any atom is 0.335 e. The number of para-hydroxylation sites is 1. The van der Waals surface area contributed by atoms with Crippen molar-refractivity contribution in [2.75, 3.05) is 24.6 Å². The van der Waals surface area contributed by atoms with Crippen LogP contribution in [-0.4, -0.2) is 43.0 Å². The number of carbonyl (C=O) groups excluding carboxylic acids is 1. The molecular weight excluding hydrogens is 453 g/mol. The number of carbonyl (C=O) groups is 1. The van der Waals surface area contributed by atoms with E-state index in [-0.39, 0.29) is 24.0 Å². The van der Waals surface area contributed by atoms with Gasteiger partial charge in [0.1, 0.15) is 23.2 Å². The first-order valence-corrected chi connectivity index (χ1v) is 10.8. The number of imidazole rings is 1. The van der Waals surface area contributed by atoms with Crippen LogP contribution in [0.1, 0.15) is 12.5 Å². The monoisotopic (exact) mass is 473 g/mol. The van der Waals surface area contributed by atoms with Gasteiger partial charge >= 0.3 is 11.6 Å².